The second-order valence-electron chi connectivity index (χ2n) is 5.00. The Balaban J connectivity index is 2.31. The van der Waals surface area contributed by atoms with Gasteiger partial charge < -0.3 is 9.47 Å². The molecule has 0 aromatic heterocycles. The monoisotopic (exact) mass is 276 g/mol. The van der Waals surface area contributed by atoms with Gasteiger partial charge in [-0.15, -0.1) is 0 Å². The van der Waals surface area contributed by atoms with Gasteiger partial charge in [-0.2, -0.15) is 5.26 Å². The maximum absolute atomic E-state index is 9.22. The predicted octanol–water partition coefficient (Wildman–Crippen LogP) is 3.14. The van der Waals surface area contributed by atoms with E-state index in [1.54, 1.807) is 7.11 Å². The number of benzene rings is 1. The molecule has 0 amide bonds. The minimum absolute atomic E-state index is 0.459. The quantitative estimate of drug-likeness (QED) is 0.704. The lowest BCUT2D eigenvalue weighted by Crippen LogP contribution is -2.41. The van der Waals surface area contributed by atoms with Crippen molar-refractivity contribution in [2.75, 3.05) is 20.3 Å². The summed E-state index contributed by atoms with van der Waals surface area (Å²) in [6.07, 6.45) is 2.64. The molecule has 1 unspecified atom stereocenters. The van der Waals surface area contributed by atoms with E-state index in [0.29, 0.717) is 6.61 Å². The van der Waals surface area contributed by atoms with Crippen molar-refractivity contribution in [2.45, 2.75) is 38.6 Å². The van der Waals surface area contributed by atoms with E-state index in [1.165, 1.54) is 0 Å². The third kappa shape index (κ3) is 5.50. The van der Waals surface area contributed by atoms with Gasteiger partial charge in [-0.25, -0.2) is 0 Å². The van der Waals surface area contributed by atoms with Gasteiger partial charge in [0.25, 0.3) is 0 Å². The van der Waals surface area contributed by atoms with Gasteiger partial charge in [0.05, 0.1) is 19.8 Å². The number of nitrogens with zero attached hydrogens (tertiary/aromatic N) is 1. The number of hydrogen-bond donors (Lipinski definition) is 1. The molecule has 0 spiro atoms. The normalized spacial score (nSPS) is 13.3. The third-order valence-corrected chi connectivity index (χ3v) is 3.16. The summed E-state index contributed by atoms with van der Waals surface area (Å²) in [6.45, 7) is 5.51. The molecule has 1 aromatic rings. The van der Waals surface area contributed by atoms with Crippen LogP contribution in [0.4, 0.5) is 0 Å². The van der Waals surface area contributed by atoms with Crippen LogP contribution in [0.3, 0.4) is 0 Å². The molecule has 0 aliphatic carbocycles. The Morgan fingerprint density at radius 3 is 2.45 bits per heavy atom. The van der Waals surface area contributed by atoms with E-state index in [9.17, 15) is 5.26 Å². The van der Waals surface area contributed by atoms with Gasteiger partial charge in [0.1, 0.15) is 17.0 Å². The zero-order valence-corrected chi connectivity index (χ0v) is 12.6. The Hall–Kier alpha value is -1.73. The fourth-order valence-corrected chi connectivity index (χ4v) is 1.87. The smallest absolute Gasteiger partial charge is 0.119 e. The summed E-state index contributed by atoms with van der Waals surface area (Å²) in [5.41, 5.74) is -0.459. The lowest BCUT2D eigenvalue weighted by molar-refractivity contribution is 0.285. The lowest BCUT2D eigenvalue weighted by Gasteiger charge is -2.23. The summed E-state index contributed by atoms with van der Waals surface area (Å²) >= 11 is 0. The van der Waals surface area contributed by atoms with Crippen LogP contribution in [0.25, 0.3) is 0 Å². The molecule has 0 saturated carbocycles. The molecule has 0 radical (unpaired) electrons. The van der Waals surface area contributed by atoms with Gasteiger partial charge in [-0.05, 0) is 57.0 Å². The van der Waals surface area contributed by atoms with Crippen molar-refractivity contribution in [1.29, 1.82) is 5.26 Å². The Bertz CT molecular complexity index is 425. The van der Waals surface area contributed by atoms with E-state index >= 15 is 0 Å². The second-order valence-corrected chi connectivity index (χ2v) is 5.00. The van der Waals surface area contributed by atoms with Crippen LogP contribution in [0.15, 0.2) is 24.3 Å². The number of nitrogens with one attached hydrogen (secondary N) is 1. The second kappa shape index (κ2) is 8.44. The van der Waals surface area contributed by atoms with Crippen LogP contribution in [0, 0.1) is 11.3 Å². The highest BCUT2D eigenvalue weighted by Crippen LogP contribution is 2.18. The lowest BCUT2D eigenvalue weighted by atomic mass is 9.98. The summed E-state index contributed by atoms with van der Waals surface area (Å²) in [7, 11) is 1.64. The molecule has 0 aliphatic heterocycles. The predicted molar refractivity (Wildman–Crippen MR) is 80.0 cm³/mol. The Kier molecular flexibility index (Phi) is 6.89. The van der Waals surface area contributed by atoms with Crippen molar-refractivity contribution in [3.8, 4) is 17.6 Å². The standard InChI is InChI=1S/C16H24N2O2/c1-4-11-18-16(2,13-17)10-5-12-20-15-8-6-14(19-3)7-9-15/h6-9,18H,4-5,10-12H2,1-3H3. The molecule has 4 nitrogen and oxygen atoms in total. The first-order valence-corrected chi connectivity index (χ1v) is 7.06. The summed E-state index contributed by atoms with van der Waals surface area (Å²) in [4.78, 5) is 0. The van der Waals surface area contributed by atoms with E-state index in [1.807, 2.05) is 31.2 Å². The molecule has 0 aliphatic rings. The Morgan fingerprint density at radius 2 is 1.90 bits per heavy atom. The topological polar surface area (TPSA) is 54.3 Å². The molecule has 110 valence electrons. The van der Waals surface area contributed by atoms with Crippen LogP contribution >= 0.6 is 0 Å². The van der Waals surface area contributed by atoms with E-state index in [2.05, 4.69) is 18.3 Å². The molecular weight excluding hydrogens is 252 g/mol. The highest BCUT2D eigenvalue weighted by atomic mass is 16.5. The summed E-state index contributed by atoms with van der Waals surface area (Å²) in [5.74, 6) is 1.64. The number of methoxy groups -OCH3 is 1. The third-order valence-electron chi connectivity index (χ3n) is 3.16. The van der Waals surface area contributed by atoms with E-state index in [4.69, 9.17) is 9.47 Å². The van der Waals surface area contributed by atoms with Gasteiger partial charge >= 0.3 is 0 Å². The number of nitriles is 1. The molecule has 0 fully saturated rings. The zero-order chi connectivity index (χ0) is 14.8. The van der Waals surface area contributed by atoms with Gasteiger partial charge in [0.2, 0.25) is 0 Å². The molecule has 20 heavy (non-hydrogen) atoms. The first-order chi connectivity index (χ1) is 9.63. The molecule has 1 N–H and O–H groups in total. The number of ether oxygens (including phenoxy) is 2. The Labute approximate surface area is 121 Å². The first kappa shape index (κ1) is 16.3. The average Bonchev–Trinajstić information content (AvgIpc) is 2.50. The summed E-state index contributed by atoms with van der Waals surface area (Å²) in [6, 6.07) is 9.86. The maximum atomic E-state index is 9.22. The van der Waals surface area contributed by atoms with Gasteiger partial charge in [0, 0.05) is 0 Å². The van der Waals surface area contributed by atoms with Crippen molar-refractivity contribution in [1.82, 2.24) is 5.32 Å². The van der Waals surface area contributed by atoms with Crippen molar-refractivity contribution >= 4 is 0 Å². The molecule has 1 aromatic carbocycles. The van der Waals surface area contributed by atoms with E-state index in [0.717, 1.165) is 37.3 Å². The minimum Gasteiger partial charge on any atom is -0.497 e. The Morgan fingerprint density at radius 1 is 1.25 bits per heavy atom. The van der Waals surface area contributed by atoms with Crippen LogP contribution in [0.1, 0.15) is 33.1 Å². The molecule has 1 rings (SSSR count). The van der Waals surface area contributed by atoms with Crippen molar-refractivity contribution in [2.24, 2.45) is 0 Å². The molecule has 0 bridgehead atoms. The van der Waals surface area contributed by atoms with Gasteiger partial charge in [-0.1, -0.05) is 6.92 Å². The summed E-state index contributed by atoms with van der Waals surface area (Å²) < 4.78 is 10.7. The van der Waals surface area contributed by atoms with Crippen LogP contribution < -0.4 is 14.8 Å². The molecule has 1 atom stereocenters. The van der Waals surface area contributed by atoms with Crippen LogP contribution in [0.2, 0.25) is 0 Å². The highest BCUT2D eigenvalue weighted by Gasteiger charge is 2.21. The van der Waals surface area contributed by atoms with Crippen LogP contribution in [-0.4, -0.2) is 25.8 Å². The SMILES string of the molecule is CCCNC(C)(C#N)CCCOc1ccc(OC)cc1. The minimum atomic E-state index is -0.459. The van der Waals surface area contributed by atoms with Crippen molar-refractivity contribution < 1.29 is 9.47 Å². The molecular formula is C16H24N2O2. The van der Waals surface area contributed by atoms with Crippen LogP contribution in [0.5, 0.6) is 11.5 Å². The van der Waals surface area contributed by atoms with Crippen molar-refractivity contribution in [3.63, 3.8) is 0 Å². The van der Waals surface area contributed by atoms with Gasteiger partial charge in [-0.3, -0.25) is 5.32 Å². The number of rotatable bonds is 9. The molecule has 4 heteroatoms. The molecule has 0 saturated heterocycles. The first-order valence-electron chi connectivity index (χ1n) is 7.06. The fourth-order valence-electron chi connectivity index (χ4n) is 1.87. The maximum Gasteiger partial charge on any atom is 0.119 e. The average molecular weight is 276 g/mol. The fraction of sp³-hybridized carbons (Fsp3) is 0.562. The molecule has 0 heterocycles. The summed E-state index contributed by atoms with van der Waals surface area (Å²) in [5, 5.41) is 12.5. The van der Waals surface area contributed by atoms with E-state index < -0.39 is 5.54 Å². The largest absolute Gasteiger partial charge is 0.497 e. The van der Waals surface area contributed by atoms with Crippen molar-refractivity contribution in [3.05, 3.63) is 24.3 Å². The van der Waals surface area contributed by atoms with E-state index in [-0.39, 0.29) is 0 Å². The zero-order valence-electron chi connectivity index (χ0n) is 12.6. The van der Waals surface area contributed by atoms with Gasteiger partial charge in [0.15, 0.2) is 0 Å². The number of hydrogen-bond acceptors (Lipinski definition) is 4. The van der Waals surface area contributed by atoms with Crippen LogP contribution in [-0.2, 0) is 0 Å². The highest BCUT2D eigenvalue weighted by molar-refractivity contribution is 5.31.